The van der Waals surface area contributed by atoms with E-state index in [1.807, 2.05) is 12.1 Å². The summed E-state index contributed by atoms with van der Waals surface area (Å²) in [6.07, 6.45) is 2.29. The zero-order valence-electron chi connectivity index (χ0n) is 15.9. The first kappa shape index (κ1) is 18.1. The predicted molar refractivity (Wildman–Crippen MR) is 106 cm³/mol. The summed E-state index contributed by atoms with van der Waals surface area (Å²) in [6, 6.07) is 21.6. The van der Waals surface area contributed by atoms with Crippen molar-refractivity contribution in [2.75, 3.05) is 0 Å². The topological polar surface area (TPSA) is 43.8 Å². The van der Waals surface area contributed by atoms with Crippen LogP contribution in [0.15, 0.2) is 60.7 Å². The third kappa shape index (κ3) is 3.72. The molecular formula is C23H28N2O2. The minimum atomic E-state index is -0.751. The molecule has 4 nitrogen and oxygen atoms in total. The second-order valence-corrected chi connectivity index (χ2v) is 8.06. The third-order valence-corrected chi connectivity index (χ3v) is 6.33. The van der Waals surface area contributed by atoms with Gasteiger partial charge in [-0.1, -0.05) is 67.6 Å². The minimum Gasteiger partial charge on any atom is -0.465 e. The van der Waals surface area contributed by atoms with Crippen LogP contribution < -0.4 is 0 Å². The highest BCUT2D eigenvalue weighted by Crippen LogP contribution is 2.41. The number of nitrogens with zero attached hydrogens (tertiary/aromatic N) is 2. The normalized spacial score (nSPS) is 27.1. The Labute approximate surface area is 161 Å². The van der Waals surface area contributed by atoms with Gasteiger partial charge in [0.1, 0.15) is 0 Å². The Morgan fingerprint density at radius 3 is 2.00 bits per heavy atom. The second-order valence-electron chi connectivity index (χ2n) is 8.06. The largest absolute Gasteiger partial charge is 0.465 e. The number of rotatable bonds is 5. The van der Waals surface area contributed by atoms with Gasteiger partial charge in [0, 0.05) is 25.2 Å². The second kappa shape index (κ2) is 7.73. The minimum absolute atomic E-state index is 0.108. The molecular weight excluding hydrogens is 336 g/mol. The van der Waals surface area contributed by atoms with E-state index in [9.17, 15) is 9.90 Å². The molecule has 1 amide bonds. The summed E-state index contributed by atoms with van der Waals surface area (Å²) in [5, 5.41) is 9.82. The van der Waals surface area contributed by atoms with E-state index in [0.717, 1.165) is 32.4 Å². The highest BCUT2D eigenvalue weighted by atomic mass is 16.4. The summed E-state index contributed by atoms with van der Waals surface area (Å²) < 4.78 is 0. The van der Waals surface area contributed by atoms with Gasteiger partial charge in [0.15, 0.2) is 0 Å². The monoisotopic (exact) mass is 364 g/mol. The molecule has 4 atom stereocenters. The Morgan fingerprint density at radius 2 is 1.48 bits per heavy atom. The van der Waals surface area contributed by atoms with Crippen LogP contribution in [0.4, 0.5) is 4.79 Å². The van der Waals surface area contributed by atoms with Crippen LogP contribution >= 0.6 is 0 Å². The van der Waals surface area contributed by atoms with Gasteiger partial charge < -0.3 is 10.0 Å². The highest BCUT2D eigenvalue weighted by Gasteiger charge is 2.49. The SMILES string of the molecule is CC1CC(N(Cc2ccccc2)Cc2ccccc2)C2CCC1N2C(=O)O. The standard InChI is InChI=1S/C23H28N2O2/c1-17-14-22(21-13-12-20(17)25(21)23(26)27)24(15-18-8-4-2-5-9-18)16-19-10-6-3-7-11-19/h2-11,17,20-22H,12-16H2,1H3,(H,26,27). The molecule has 2 aliphatic heterocycles. The summed E-state index contributed by atoms with van der Waals surface area (Å²) >= 11 is 0. The zero-order valence-corrected chi connectivity index (χ0v) is 15.9. The van der Waals surface area contributed by atoms with Crippen molar-refractivity contribution in [1.82, 2.24) is 9.80 Å². The maximum absolute atomic E-state index is 12.0. The molecule has 0 aliphatic carbocycles. The van der Waals surface area contributed by atoms with Crippen molar-refractivity contribution < 1.29 is 9.90 Å². The molecule has 0 saturated carbocycles. The molecule has 2 saturated heterocycles. The van der Waals surface area contributed by atoms with E-state index < -0.39 is 6.09 Å². The molecule has 0 aromatic heterocycles. The number of benzene rings is 2. The summed E-state index contributed by atoms with van der Waals surface area (Å²) in [6.45, 7) is 3.92. The van der Waals surface area contributed by atoms with Crippen molar-refractivity contribution >= 4 is 6.09 Å². The first-order valence-electron chi connectivity index (χ1n) is 9.96. The smallest absolute Gasteiger partial charge is 0.407 e. The molecule has 1 N–H and O–H groups in total. The molecule has 4 unspecified atom stereocenters. The molecule has 2 aliphatic rings. The summed E-state index contributed by atoms with van der Waals surface area (Å²) in [4.78, 5) is 16.2. The molecule has 0 spiro atoms. The van der Waals surface area contributed by atoms with E-state index in [1.165, 1.54) is 11.1 Å². The number of carboxylic acid groups (broad SMARTS) is 1. The quantitative estimate of drug-likeness (QED) is 0.843. The number of fused-ring (bicyclic) bond motifs is 2. The van der Waals surface area contributed by atoms with Gasteiger partial charge in [-0.2, -0.15) is 0 Å². The van der Waals surface area contributed by atoms with Gasteiger partial charge in [0.2, 0.25) is 0 Å². The third-order valence-electron chi connectivity index (χ3n) is 6.33. The van der Waals surface area contributed by atoms with Gasteiger partial charge in [-0.25, -0.2) is 4.79 Å². The number of hydrogen-bond acceptors (Lipinski definition) is 2. The first-order chi connectivity index (χ1) is 13.1. The predicted octanol–water partition coefficient (Wildman–Crippen LogP) is 4.61. The van der Waals surface area contributed by atoms with Crippen LogP contribution in [0.2, 0.25) is 0 Å². The molecule has 27 heavy (non-hydrogen) atoms. The summed E-state index contributed by atoms with van der Waals surface area (Å²) in [7, 11) is 0. The Hall–Kier alpha value is -2.33. The Morgan fingerprint density at radius 1 is 0.963 bits per heavy atom. The van der Waals surface area contributed by atoms with Gasteiger partial charge in [0.25, 0.3) is 0 Å². The van der Waals surface area contributed by atoms with E-state index in [-0.39, 0.29) is 18.1 Å². The van der Waals surface area contributed by atoms with Crippen molar-refractivity contribution in [3.05, 3.63) is 71.8 Å². The Bertz CT molecular complexity index is 723. The number of amides is 1. The maximum atomic E-state index is 12.0. The lowest BCUT2D eigenvalue weighted by molar-refractivity contribution is 0.0128. The van der Waals surface area contributed by atoms with Crippen LogP contribution in [-0.2, 0) is 13.1 Å². The van der Waals surface area contributed by atoms with Gasteiger partial charge in [-0.15, -0.1) is 0 Å². The van der Waals surface area contributed by atoms with E-state index in [0.29, 0.717) is 5.92 Å². The molecule has 4 rings (SSSR count). The van der Waals surface area contributed by atoms with Crippen molar-refractivity contribution in [2.45, 2.75) is 57.4 Å². The molecule has 2 heterocycles. The van der Waals surface area contributed by atoms with Crippen LogP contribution in [0.25, 0.3) is 0 Å². The fourth-order valence-electron chi connectivity index (χ4n) is 5.10. The van der Waals surface area contributed by atoms with Crippen LogP contribution in [-0.4, -0.2) is 39.1 Å². The average molecular weight is 364 g/mol. The molecule has 0 radical (unpaired) electrons. The van der Waals surface area contributed by atoms with E-state index in [1.54, 1.807) is 4.90 Å². The zero-order chi connectivity index (χ0) is 18.8. The van der Waals surface area contributed by atoms with Crippen LogP contribution in [0.3, 0.4) is 0 Å². The Kier molecular flexibility index (Phi) is 5.17. The van der Waals surface area contributed by atoms with Crippen molar-refractivity contribution in [3.63, 3.8) is 0 Å². The van der Waals surface area contributed by atoms with Crippen LogP contribution in [0, 0.1) is 5.92 Å². The lowest BCUT2D eigenvalue weighted by Crippen LogP contribution is -2.58. The molecule has 2 bridgehead atoms. The maximum Gasteiger partial charge on any atom is 0.407 e. The van der Waals surface area contributed by atoms with Crippen LogP contribution in [0.5, 0.6) is 0 Å². The fraction of sp³-hybridized carbons (Fsp3) is 0.435. The summed E-state index contributed by atoms with van der Waals surface area (Å²) in [5.74, 6) is 0.402. The van der Waals surface area contributed by atoms with E-state index in [2.05, 4.69) is 60.4 Å². The van der Waals surface area contributed by atoms with E-state index in [4.69, 9.17) is 0 Å². The lowest BCUT2D eigenvalue weighted by atomic mass is 9.87. The molecule has 2 aromatic rings. The van der Waals surface area contributed by atoms with Gasteiger partial charge >= 0.3 is 6.09 Å². The molecule has 2 fully saturated rings. The highest BCUT2D eigenvalue weighted by molar-refractivity contribution is 5.67. The lowest BCUT2D eigenvalue weighted by Gasteiger charge is -2.46. The van der Waals surface area contributed by atoms with Gasteiger partial charge in [-0.05, 0) is 36.3 Å². The number of carbonyl (C=O) groups is 1. The first-order valence-corrected chi connectivity index (χ1v) is 9.96. The van der Waals surface area contributed by atoms with Gasteiger partial charge in [0.05, 0.1) is 6.04 Å². The van der Waals surface area contributed by atoms with Crippen molar-refractivity contribution in [1.29, 1.82) is 0 Å². The molecule has 4 heteroatoms. The Balaban J connectivity index is 1.63. The summed E-state index contributed by atoms with van der Waals surface area (Å²) in [5.41, 5.74) is 2.56. The fourth-order valence-corrected chi connectivity index (χ4v) is 5.10. The molecule has 2 aromatic carbocycles. The van der Waals surface area contributed by atoms with Gasteiger partial charge in [-0.3, -0.25) is 4.90 Å². The van der Waals surface area contributed by atoms with Crippen LogP contribution in [0.1, 0.15) is 37.3 Å². The average Bonchev–Trinajstić information content (AvgIpc) is 3.05. The van der Waals surface area contributed by atoms with E-state index >= 15 is 0 Å². The number of hydrogen-bond donors (Lipinski definition) is 1. The van der Waals surface area contributed by atoms with Crippen molar-refractivity contribution in [2.24, 2.45) is 5.92 Å². The molecule has 142 valence electrons. The number of piperidine rings is 1. The van der Waals surface area contributed by atoms with Crippen molar-refractivity contribution in [3.8, 4) is 0 Å².